The van der Waals surface area contributed by atoms with Crippen molar-refractivity contribution < 1.29 is 4.43 Å². The lowest BCUT2D eigenvalue weighted by molar-refractivity contribution is 0.0932. The van der Waals surface area contributed by atoms with E-state index < -0.39 is 9.04 Å². The van der Waals surface area contributed by atoms with E-state index in [-0.39, 0.29) is 0 Å². The van der Waals surface area contributed by atoms with E-state index in [1.807, 2.05) is 0 Å². The Labute approximate surface area is 122 Å². The maximum Gasteiger partial charge on any atom is 0.240 e. The van der Waals surface area contributed by atoms with E-state index in [4.69, 9.17) is 10.8 Å². The van der Waals surface area contributed by atoms with E-state index in [9.17, 15) is 0 Å². The van der Waals surface area contributed by atoms with Crippen molar-refractivity contribution in [1.29, 1.82) is 0 Å². The molecule has 100 valence electrons. The Morgan fingerprint density at radius 1 is 0.900 bits per heavy atom. The van der Waals surface area contributed by atoms with Crippen LogP contribution in [0.5, 0.6) is 0 Å². The first-order valence-electron chi connectivity index (χ1n) is 7.08. The number of hydrogen-bond donors (Lipinski definition) is 0. The fourth-order valence-corrected chi connectivity index (χ4v) is 5.06. The Balaban J connectivity index is 1.80. The van der Waals surface area contributed by atoms with E-state index in [1.54, 1.807) is 0 Å². The Kier molecular flexibility index (Phi) is 4.01. The summed E-state index contributed by atoms with van der Waals surface area (Å²) < 4.78 is 6.43. The molecular formula is C18H18OSi. The van der Waals surface area contributed by atoms with Crippen LogP contribution in [0.1, 0.15) is 12.8 Å². The smallest absolute Gasteiger partial charge is 0.240 e. The Bertz CT molecular complexity index is 542. The van der Waals surface area contributed by atoms with Gasteiger partial charge in [-0.15, -0.1) is 12.3 Å². The minimum absolute atomic E-state index is 0.341. The second-order valence-electron chi connectivity index (χ2n) is 5.29. The third-order valence-electron chi connectivity index (χ3n) is 3.86. The molecule has 2 aromatic rings. The summed E-state index contributed by atoms with van der Waals surface area (Å²) >= 11 is 0. The zero-order valence-corrected chi connectivity index (χ0v) is 12.6. The average Bonchev–Trinajstić information content (AvgIpc) is 2.48. The van der Waals surface area contributed by atoms with Gasteiger partial charge in [0.2, 0.25) is 9.04 Å². The second-order valence-corrected chi connectivity index (χ2v) is 7.66. The van der Waals surface area contributed by atoms with E-state index in [1.165, 1.54) is 10.4 Å². The predicted octanol–water partition coefficient (Wildman–Crippen LogP) is 1.95. The van der Waals surface area contributed by atoms with Gasteiger partial charge >= 0.3 is 0 Å². The van der Waals surface area contributed by atoms with Crippen LogP contribution in [0.3, 0.4) is 0 Å². The molecule has 0 heterocycles. The summed E-state index contributed by atoms with van der Waals surface area (Å²) in [7, 11) is -1.58. The van der Waals surface area contributed by atoms with Crippen molar-refractivity contribution in [2.75, 3.05) is 0 Å². The van der Waals surface area contributed by atoms with Gasteiger partial charge in [0.05, 0.1) is 0 Å². The van der Waals surface area contributed by atoms with Gasteiger partial charge in [-0.25, -0.2) is 0 Å². The van der Waals surface area contributed by atoms with Crippen molar-refractivity contribution in [2.45, 2.75) is 18.9 Å². The Hall–Kier alpha value is -1.82. The maximum absolute atomic E-state index is 6.43. The summed E-state index contributed by atoms with van der Waals surface area (Å²) in [6, 6.07) is 21.2. The fraction of sp³-hybridized carbons (Fsp3) is 0.222. The van der Waals surface area contributed by atoms with E-state index in [2.05, 4.69) is 66.6 Å². The number of rotatable bonds is 4. The zero-order chi connectivity index (χ0) is 13.8. The van der Waals surface area contributed by atoms with E-state index in [0.717, 1.165) is 12.8 Å². The van der Waals surface area contributed by atoms with Gasteiger partial charge in [0.15, 0.2) is 0 Å². The number of benzene rings is 2. The van der Waals surface area contributed by atoms with Crippen molar-refractivity contribution in [3.05, 3.63) is 60.7 Å². The normalized spacial score (nSPS) is 21.2. The molecule has 0 amide bonds. The Morgan fingerprint density at radius 2 is 1.40 bits per heavy atom. The molecular weight excluding hydrogens is 260 g/mol. The van der Waals surface area contributed by atoms with Crippen LogP contribution < -0.4 is 10.4 Å². The van der Waals surface area contributed by atoms with Crippen LogP contribution in [-0.4, -0.2) is 15.1 Å². The van der Waals surface area contributed by atoms with Gasteiger partial charge in [-0.1, -0.05) is 60.7 Å². The van der Waals surface area contributed by atoms with Gasteiger partial charge in [0.25, 0.3) is 0 Å². The summed E-state index contributed by atoms with van der Waals surface area (Å²) in [5, 5.41) is 2.67. The summed E-state index contributed by atoms with van der Waals surface area (Å²) in [4.78, 5) is 0. The topological polar surface area (TPSA) is 9.23 Å². The third kappa shape index (κ3) is 2.85. The van der Waals surface area contributed by atoms with Crippen LogP contribution >= 0.6 is 0 Å². The van der Waals surface area contributed by atoms with Crippen molar-refractivity contribution in [2.24, 2.45) is 5.92 Å². The maximum atomic E-state index is 6.43. The highest BCUT2D eigenvalue weighted by Gasteiger charge is 2.31. The molecule has 0 unspecified atom stereocenters. The van der Waals surface area contributed by atoms with Crippen molar-refractivity contribution in [3.63, 3.8) is 0 Å². The quantitative estimate of drug-likeness (QED) is 0.613. The largest absolute Gasteiger partial charge is 0.408 e. The molecule has 0 spiro atoms. The monoisotopic (exact) mass is 278 g/mol. The van der Waals surface area contributed by atoms with Gasteiger partial charge in [0, 0.05) is 12.0 Å². The van der Waals surface area contributed by atoms with Crippen molar-refractivity contribution in [3.8, 4) is 12.3 Å². The average molecular weight is 278 g/mol. The van der Waals surface area contributed by atoms with Crippen LogP contribution in [0.15, 0.2) is 60.7 Å². The van der Waals surface area contributed by atoms with Gasteiger partial charge < -0.3 is 4.43 Å². The molecule has 0 bridgehead atoms. The SMILES string of the molecule is C#C[C@H]1C[C@@H](O[SiH](c2ccccc2)c2ccccc2)C1. The summed E-state index contributed by atoms with van der Waals surface area (Å²) in [5.74, 6) is 3.24. The standard InChI is InChI=1S/C18H18OSi/c1-2-15-13-16(14-15)19-20(17-9-5-3-6-10-17)18-11-7-4-8-12-18/h1,3-12,15-16,20H,13-14H2/t15-,16+. The predicted molar refractivity (Wildman–Crippen MR) is 85.7 cm³/mol. The number of terminal acetylenes is 1. The zero-order valence-electron chi connectivity index (χ0n) is 11.4. The molecule has 1 nitrogen and oxygen atoms in total. The third-order valence-corrected chi connectivity index (χ3v) is 6.50. The van der Waals surface area contributed by atoms with Gasteiger partial charge in [-0.05, 0) is 23.2 Å². The first kappa shape index (κ1) is 13.2. The highest BCUT2D eigenvalue weighted by atomic mass is 28.3. The molecule has 2 aromatic carbocycles. The minimum Gasteiger partial charge on any atom is -0.408 e. The van der Waals surface area contributed by atoms with Crippen molar-refractivity contribution in [1.82, 2.24) is 0 Å². The second kappa shape index (κ2) is 6.09. The molecule has 1 fully saturated rings. The molecule has 20 heavy (non-hydrogen) atoms. The molecule has 0 saturated heterocycles. The minimum atomic E-state index is -1.58. The first-order chi connectivity index (χ1) is 9.86. The van der Waals surface area contributed by atoms with Crippen molar-refractivity contribution >= 4 is 19.4 Å². The molecule has 0 aromatic heterocycles. The molecule has 1 saturated carbocycles. The Morgan fingerprint density at radius 3 is 1.85 bits per heavy atom. The van der Waals surface area contributed by atoms with Crippen LogP contribution in [0, 0.1) is 18.3 Å². The summed E-state index contributed by atoms with van der Waals surface area (Å²) in [6.45, 7) is 0. The molecule has 0 aliphatic heterocycles. The first-order valence-corrected chi connectivity index (χ1v) is 8.71. The lowest BCUT2D eigenvalue weighted by Gasteiger charge is -2.35. The van der Waals surface area contributed by atoms with Crippen LogP contribution in [0.2, 0.25) is 0 Å². The fourth-order valence-electron chi connectivity index (χ4n) is 2.61. The van der Waals surface area contributed by atoms with Gasteiger partial charge in [-0.3, -0.25) is 0 Å². The molecule has 3 rings (SSSR count). The van der Waals surface area contributed by atoms with Gasteiger partial charge in [0.1, 0.15) is 0 Å². The van der Waals surface area contributed by atoms with E-state index in [0.29, 0.717) is 12.0 Å². The lowest BCUT2D eigenvalue weighted by Crippen LogP contribution is -2.49. The molecule has 2 heteroatoms. The molecule has 0 atom stereocenters. The number of hydrogen-bond acceptors (Lipinski definition) is 1. The van der Waals surface area contributed by atoms with Gasteiger partial charge in [-0.2, -0.15) is 0 Å². The van der Waals surface area contributed by atoms with E-state index >= 15 is 0 Å². The van der Waals surface area contributed by atoms with Crippen LogP contribution in [0.4, 0.5) is 0 Å². The molecule has 0 radical (unpaired) electrons. The lowest BCUT2D eigenvalue weighted by atomic mass is 9.83. The highest BCUT2D eigenvalue weighted by Crippen LogP contribution is 2.29. The van der Waals surface area contributed by atoms with Crippen LogP contribution in [0.25, 0.3) is 0 Å². The van der Waals surface area contributed by atoms with Crippen LogP contribution in [-0.2, 0) is 4.43 Å². The highest BCUT2D eigenvalue weighted by molar-refractivity contribution is 6.80. The molecule has 1 aliphatic carbocycles. The summed E-state index contributed by atoms with van der Waals surface area (Å²) in [5.41, 5.74) is 0. The molecule has 0 N–H and O–H groups in total. The summed E-state index contributed by atoms with van der Waals surface area (Å²) in [6.07, 6.45) is 7.82. The molecule has 1 aliphatic rings.